The Kier molecular flexibility index (Phi) is 2.10. The number of aromatic nitrogens is 2. The second kappa shape index (κ2) is 3.18. The molecule has 0 aliphatic carbocycles. The van der Waals surface area contributed by atoms with E-state index in [1.54, 1.807) is 7.05 Å². The summed E-state index contributed by atoms with van der Waals surface area (Å²) in [5.41, 5.74) is 3.81. The first-order valence-corrected chi connectivity index (χ1v) is 4.85. The monoisotopic (exact) mass is 206 g/mol. The van der Waals surface area contributed by atoms with Gasteiger partial charge in [-0.05, 0) is 13.8 Å². The third-order valence-corrected chi connectivity index (χ3v) is 2.75. The van der Waals surface area contributed by atoms with Crippen molar-refractivity contribution in [2.24, 2.45) is 12.1 Å². The Labute approximate surface area is 88.4 Å². The molecule has 5 heteroatoms. The number of aryl methyl sites for hydroxylation is 2. The van der Waals surface area contributed by atoms with E-state index in [-0.39, 0.29) is 5.91 Å². The third kappa shape index (κ3) is 1.44. The van der Waals surface area contributed by atoms with Gasteiger partial charge >= 0.3 is 0 Å². The summed E-state index contributed by atoms with van der Waals surface area (Å²) in [6.45, 7) is 3.92. The number of hydrazone groups is 1. The van der Waals surface area contributed by atoms with Crippen LogP contribution >= 0.6 is 0 Å². The van der Waals surface area contributed by atoms with E-state index in [0.29, 0.717) is 6.42 Å². The molecule has 1 aromatic heterocycles. The molecule has 2 rings (SSSR count). The van der Waals surface area contributed by atoms with Crippen LogP contribution < -0.4 is 0 Å². The molecular formula is C10H14N4O. The molecule has 0 unspecified atom stereocenters. The van der Waals surface area contributed by atoms with Gasteiger partial charge in [0, 0.05) is 25.4 Å². The lowest BCUT2D eigenvalue weighted by molar-refractivity contribution is -0.127. The zero-order valence-corrected chi connectivity index (χ0v) is 9.40. The van der Waals surface area contributed by atoms with E-state index in [2.05, 4.69) is 10.2 Å². The lowest BCUT2D eigenvalue weighted by atomic mass is 10.1. The smallest absolute Gasteiger partial charge is 0.248 e. The summed E-state index contributed by atoms with van der Waals surface area (Å²) in [6, 6.07) is 0. The standard InChI is InChI=1S/C10H14N4O/c1-6-10(7(2)13(3)11-6)8-5-9(15)14(4)12-8/h5H2,1-4H3. The molecule has 0 fully saturated rings. The Bertz CT molecular complexity index is 458. The number of hydrogen-bond donors (Lipinski definition) is 0. The van der Waals surface area contributed by atoms with Crippen molar-refractivity contribution in [2.75, 3.05) is 7.05 Å². The fourth-order valence-corrected chi connectivity index (χ4v) is 1.86. The fourth-order valence-electron chi connectivity index (χ4n) is 1.86. The molecule has 0 N–H and O–H groups in total. The molecule has 1 aliphatic heterocycles. The predicted octanol–water partition coefficient (Wildman–Crippen LogP) is 0.603. The number of carbonyl (C=O) groups excluding carboxylic acids is 1. The summed E-state index contributed by atoms with van der Waals surface area (Å²) in [6.07, 6.45) is 0.379. The predicted molar refractivity (Wildman–Crippen MR) is 56.6 cm³/mol. The highest BCUT2D eigenvalue weighted by Crippen LogP contribution is 2.19. The summed E-state index contributed by atoms with van der Waals surface area (Å²) in [4.78, 5) is 11.4. The molecule has 2 heterocycles. The highest BCUT2D eigenvalue weighted by atomic mass is 16.2. The normalized spacial score (nSPS) is 16.1. The fraction of sp³-hybridized carbons (Fsp3) is 0.500. The van der Waals surface area contributed by atoms with E-state index in [1.807, 2.05) is 25.6 Å². The highest BCUT2D eigenvalue weighted by molar-refractivity contribution is 6.14. The summed E-state index contributed by atoms with van der Waals surface area (Å²) in [5.74, 6) is 0.0349. The molecule has 0 bridgehead atoms. The Morgan fingerprint density at radius 1 is 1.27 bits per heavy atom. The van der Waals surface area contributed by atoms with Gasteiger partial charge in [0.25, 0.3) is 0 Å². The average Bonchev–Trinajstić information content (AvgIpc) is 2.57. The van der Waals surface area contributed by atoms with Gasteiger partial charge in [-0.2, -0.15) is 10.2 Å². The van der Waals surface area contributed by atoms with Crippen LogP contribution in [0.1, 0.15) is 23.4 Å². The maximum Gasteiger partial charge on any atom is 0.248 e. The molecule has 0 saturated carbocycles. The van der Waals surface area contributed by atoms with Crippen molar-refractivity contribution in [3.8, 4) is 0 Å². The SMILES string of the molecule is Cc1nn(C)c(C)c1C1=NN(C)C(=O)C1. The third-order valence-electron chi connectivity index (χ3n) is 2.75. The van der Waals surface area contributed by atoms with Gasteiger partial charge in [0.1, 0.15) is 0 Å². The van der Waals surface area contributed by atoms with Gasteiger partial charge in [0.15, 0.2) is 0 Å². The van der Waals surface area contributed by atoms with Crippen molar-refractivity contribution in [2.45, 2.75) is 20.3 Å². The van der Waals surface area contributed by atoms with Gasteiger partial charge in [-0.15, -0.1) is 0 Å². The molecular weight excluding hydrogens is 192 g/mol. The number of hydrogen-bond acceptors (Lipinski definition) is 3. The summed E-state index contributed by atoms with van der Waals surface area (Å²) >= 11 is 0. The maximum absolute atomic E-state index is 11.4. The average molecular weight is 206 g/mol. The van der Waals surface area contributed by atoms with E-state index < -0.39 is 0 Å². The number of rotatable bonds is 1. The van der Waals surface area contributed by atoms with E-state index in [1.165, 1.54) is 5.01 Å². The lowest BCUT2D eigenvalue weighted by Gasteiger charge is -1.99. The summed E-state index contributed by atoms with van der Waals surface area (Å²) in [5, 5.41) is 9.92. The van der Waals surface area contributed by atoms with Crippen molar-refractivity contribution in [1.82, 2.24) is 14.8 Å². The van der Waals surface area contributed by atoms with Crippen LogP contribution in [0.15, 0.2) is 5.10 Å². The Morgan fingerprint density at radius 2 is 1.93 bits per heavy atom. The largest absolute Gasteiger partial charge is 0.273 e. The summed E-state index contributed by atoms with van der Waals surface area (Å²) in [7, 11) is 3.57. The van der Waals surface area contributed by atoms with Crippen LogP contribution in [-0.2, 0) is 11.8 Å². The van der Waals surface area contributed by atoms with Crippen LogP contribution in [0.25, 0.3) is 0 Å². The molecule has 1 amide bonds. The minimum absolute atomic E-state index is 0.0349. The Balaban J connectivity index is 2.47. The Morgan fingerprint density at radius 3 is 2.33 bits per heavy atom. The topological polar surface area (TPSA) is 50.5 Å². The van der Waals surface area contributed by atoms with Gasteiger partial charge in [-0.25, -0.2) is 5.01 Å². The van der Waals surface area contributed by atoms with Gasteiger partial charge in [-0.1, -0.05) is 0 Å². The molecule has 1 aliphatic rings. The minimum atomic E-state index is 0.0349. The van der Waals surface area contributed by atoms with E-state index in [9.17, 15) is 4.79 Å². The molecule has 0 saturated heterocycles. The Hall–Kier alpha value is -1.65. The van der Waals surface area contributed by atoms with Crippen LogP contribution in [0, 0.1) is 13.8 Å². The van der Waals surface area contributed by atoms with E-state index >= 15 is 0 Å². The molecule has 0 radical (unpaired) electrons. The number of amides is 1. The number of carbonyl (C=O) groups is 1. The molecule has 0 aromatic carbocycles. The number of nitrogens with zero attached hydrogens (tertiary/aromatic N) is 4. The zero-order chi connectivity index (χ0) is 11.2. The first kappa shape index (κ1) is 9.89. The molecule has 0 spiro atoms. The first-order chi connectivity index (χ1) is 7.00. The molecule has 1 aromatic rings. The first-order valence-electron chi connectivity index (χ1n) is 4.85. The zero-order valence-electron chi connectivity index (χ0n) is 9.40. The van der Waals surface area contributed by atoms with E-state index in [4.69, 9.17) is 0 Å². The quantitative estimate of drug-likeness (QED) is 0.675. The molecule has 0 atom stereocenters. The minimum Gasteiger partial charge on any atom is -0.273 e. The second-order valence-corrected chi connectivity index (χ2v) is 3.81. The lowest BCUT2D eigenvalue weighted by Crippen LogP contribution is -2.14. The van der Waals surface area contributed by atoms with E-state index in [0.717, 1.165) is 22.7 Å². The van der Waals surface area contributed by atoms with Crippen LogP contribution in [0.4, 0.5) is 0 Å². The summed E-state index contributed by atoms with van der Waals surface area (Å²) < 4.78 is 1.82. The molecule has 5 nitrogen and oxygen atoms in total. The van der Waals surface area contributed by atoms with Gasteiger partial charge < -0.3 is 0 Å². The van der Waals surface area contributed by atoms with Crippen molar-refractivity contribution in [1.29, 1.82) is 0 Å². The molecule has 15 heavy (non-hydrogen) atoms. The van der Waals surface area contributed by atoms with Crippen molar-refractivity contribution < 1.29 is 4.79 Å². The van der Waals surface area contributed by atoms with Gasteiger partial charge in [0.05, 0.1) is 17.8 Å². The van der Waals surface area contributed by atoms with Crippen LogP contribution in [-0.4, -0.2) is 33.5 Å². The molecule has 80 valence electrons. The van der Waals surface area contributed by atoms with Crippen LogP contribution in [0.3, 0.4) is 0 Å². The van der Waals surface area contributed by atoms with Gasteiger partial charge in [0.2, 0.25) is 5.91 Å². The highest BCUT2D eigenvalue weighted by Gasteiger charge is 2.25. The van der Waals surface area contributed by atoms with Crippen LogP contribution in [0.2, 0.25) is 0 Å². The van der Waals surface area contributed by atoms with Gasteiger partial charge in [-0.3, -0.25) is 9.48 Å². The maximum atomic E-state index is 11.4. The second-order valence-electron chi connectivity index (χ2n) is 3.81. The van der Waals surface area contributed by atoms with Crippen LogP contribution in [0.5, 0.6) is 0 Å². The van der Waals surface area contributed by atoms with Crippen molar-refractivity contribution >= 4 is 11.6 Å². The van der Waals surface area contributed by atoms with Crippen molar-refractivity contribution in [3.05, 3.63) is 17.0 Å². The van der Waals surface area contributed by atoms with Crippen molar-refractivity contribution in [3.63, 3.8) is 0 Å².